The van der Waals surface area contributed by atoms with Crippen LogP contribution in [0.25, 0.3) is 0 Å². The SMILES string of the molecule is CCOC(=O)C(=O)C(C)=O.CCOC(=O)c1nc(C)[nH]c1C.Cc1c(C(=O)O)[n+](P)c(C)n1P.Cc1nc(C)n(P)c1C.Cc1nc(C)n(P)c1C.Cc1nc(C)n(P)c1C(=O)O.Cc1nc(C)n(P)c1N.Cc1nc(C)n(P)c1NN.Cc1nc(N)c(C)n1P.Cc1nc(NN)c(C)n1P. The lowest BCUT2D eigenvalue weighted by atomic mass is 10.3. The number of carbonyl (C=O) groups excluding carboxylic acids is 4. The maximum absolute atomic E-state index is 11.2. The number of hydrazine groups is 2. The summed E-state index contributed by atoms with van der Waals surface area (Å²) in [6, 6.07) is 0. The van der Waals surface area contributed by atoms with Gasteiger partial charge >= 0.3 is 29.7 Å². The molecule has 0 bridgehead atoms. The molecule has 0 aliphatic carbocycles. The molecule has 9 heterocycles. The molecule has 0 aromatic carbocycles. The normalized spacial score (nSPS) is 9.96. The summed E-state index contributed by atoms with van der Waals surface area (Å²) in [6.45, 7) is 43.0. The van der Waals surface area contributed by atoms with Gasteiger partial charge in [-0.15, -0.1) is 0 Å². The van der Waals surface area contributed by atoms with Gasteiger partial charge in [-0.05, 0) is 204 Å². The van der Waals surface area contributed by atoms with Crippen LogP contribution in [0, 0.1) is 138 Å². The number of ketones is 2. The van der Waals surface area contributed by atoms with Crippen molar-refractivity contribution in [1.82, 2.24) is 79.6 Å². The Hall–Kier alpha value is -6.90. The van der Waals surface area contributed by atoms with Crippen LogP contribution in [0.2, 0.25) is 0 Å². The van der Waals surface area contributed by atoms with E-state index in [0.29, 0.717) is 35.3 Å². The molecule has 0 radical (unpaired) electrons. The van der Waals surface area contributed by atoms with Gasteiger partial charge in [-0.2, -0.15) is 0 Å². The number of Topliss-reactive ketones (excluding diaryl/α,β-unsaturated/α-hetero) is 2. The van der Waals surface area contributed by atoms with Gasteiger partial charge in [0.25, 0.3) is 11.5 Å². The first-order chi connectivity index (χ1) is 46.6. The summed E-state index contributed by atoms with van der Waals surface area (Å²) in [6.07, 6.45) is 0. The minimum absolute atomic E-state index is 0.109. The number of nitrogens with two attached hydrogens (primary N) is 4. The molecule has 43 heteroatoms. The van der Waals surface area contributed by atoms with Gasteiger partial charge in [-0.25, -0.2) is 79.4 Å². The molecule has 0 aliphatic heterocycles. The van der Waals surface area contributed by atoms with Crippen molar-refractivity contribution in [2.45, 2.75) is 159 Å². The van der Waals surface area contributed by atoms with Gasteiger partial charge in [-0.3, -0.25) is 18.3 Å². The van der Waals surface area contributed by atoms with Crippen molar-refractivity contribution in [1.29, 1.82) is 0 Å². The fourth-order valence-electron chi connectivity index (χ4n) is 7.98. The molecule has 9 rings (SSSR count). The molecule has 0 fully saturated rings. The average Bonchev–Trinajstić information content (AvgIpc) is 1.66. The largest absolute Gasteiger partial charge is 0.477 e. The molecule has 0 spiro atoms. The number of nitrogens with one attached hydrogen (secondary N) is 3. The zero-order valence-electron chi connectivity index (χ0n) is 61.7. The van der Waals surface area contributed by atoms with Gasteiger partial charge in [0.15, 0.2) is 22.9 Å². The second kappa shape index (κ2) is 43.9. The van der Waals surface area contributed by atoms with Crippen LogP contribution in [0.3, 0.4) is 0 Å². The number of esters is 2. The van der Waals surface area contributed by atoms with E-state index < -0.39 is 29.5 Å². The maximum atomic E-state index is 11.2. The van der Waals surface area contributed by atoms with Crippen molar-refractivity contribution in [3.8, 4) is 0 Å². The zero-order chi connectivity index (χ0) is 78.9. The highest BCUT2D eigenvalue weighted by atomic mass is 31.0. The monoisotopic (exact) mass is 1580 g/mol. The van der Waals surface area contributed by atoms with Gasteiger partial charge < -0.3 is 68.7 Å². The third kappa shape index (κ3) is 27.7. The van der Waals surface area contributed by atoms with Gasteiger partial charge in [0.1, 0.15) is 64.0 Å². The van der Waals surface area contributed by atoms with Gasteiger partial charge in [0, 0.05) is 37.9 Å². The summed E-state index contributed by atoms with van der Waals surface area (Å²) in [4.78, 5) is 99.4. The number of nitrogens with zero attached hydrogens (tertiary/aromatic N) is 17. The summed E-state index contributed by atoms with van der Waals surface area (Å²) in [5.41, 5.74) is 27.6. The number of anilines is 4. The smallest absolute Gasteiger partial charge is 0.382 e. The summed E-state index contributed by atoms with van der Waals surface area (Å²) in [5, 5.41) is 17.5. The van der Waals surface area contributed by atoms with Crippen molar-refractivity contribution in [3.05, 3.63) is 132 Å². The number of H-pyrrole nitrogens is 1. The van der Waals surface area contributed by atoms with Crippen LogP contribution >= 0.6 is 84.5 Å². The lowest BCUT2D eigenvalue weighted by Gasteiger charge is -2.00. The van der Waals surface area contributed by atoms with Gasteiger partial charge in [0.05, 0.1) is 71.9 Å². The summed E-state index contributed by atoms with van der Waals surface area (Å²) >= 11 is 0. The van der Waals surface area contributed by atoms with Gasteiger partial charge in [0.2, 0.25) is 5.78 Å². The summed E-state index contributed by atoms with van der Waals surface area (Å²) in [7, 11) is 22.5. The first kappa shape index (κ1) is 94.1. The number of carboxylic acid groups (broad SMARTS) is 2. The lowest BCUT2D eigenvalue weighted by molar-refractivity contribution is -0.510. The molecule has 9 aromatic rings. The van der Waals surface area contributed by atoms with Crippen molar-refractivity contribution in [2.75, 3.05) is 35.5 Å². The van der Waals surface area contributed by atoms with Crippen LogP contribution in [-0.2, 0) is 23.9 Å². The third-order valence-corrected chi connectivity index (χ3v) is 20.6. The van der Waals surface area contributed by atoms with Crippen molar-refractivity contribution < 1.29 is 52.8 Å². The Bertz CT molecular complexity index is 3990. The van der Waals surface area contributed by atoms with Crippen LogP contribution in [0.1, 0.15) is 167 Å². The number of carboxylic acids is 2. The molecule has 34 nitrogen and oxygen atoms in total. The van der Waals surface area contributed by atoms with E-state index in [0.717, 1.165) is 117 Å². The topological polar surface area (TPSA) is 452 Å². The highest BCUT2D eigenvalue weighted by molar-refractivity contribution is 7.16. The van der Waals surface area contributed by atoms with E-state index in [-0.39, 0.29) is 18.3 Å². The molecule has 9 atom stereocenters. The van der Waals surface area contributed by atoms with Crippen molar-refractivity contribution >= 4 is 143 Å². The molecule has 0 saturated carbocycles. The number of imidazole rings is 9. The Kier molecular flexibility index (Phi) is 40.9. The Morgan fingerprint density at radius 3 is 1.07 bits per heavy atom. The number of aromatic nitrogens is 18. The molecule has 101 heavy (non-hydrogen) atoms. The zero-order valence-corrected chi connectivity index (χ0v) is 72.1. The van der Waals surface area contributed by atoms with Crippen LogP contribution in [-0.4, -0.2) is 138 Å². The van der Waals surface area contributed by atoms with E-state index >= 15 is 0 Å². The summed E-state index contributed by atoms with van der Waals surface area (Å²) < 4.78 is 25.3. The van der Waals surface area contributed by atoms with Crippen LogP contribution < -0.4 is 38.3 Å². The number of rotatable bonds is 9. The van der Waals surface area contributed by atoms with E-state index in [1.165, 1.54) is 15.7 Å². The molecule has 13 N–H and O–H groups in total. The predicted molar refractivity (Wildman–Crippen MR) is 426 cm³/mol. The number of carbonyl (C=O) groups is 6. The average molecular weight is 1580 g/mol. The Balaban J connectivity index is 0.00000110. The Morgan fingerprint density at radius 1 is 0.475 bits per heavy atom. The molecule has 0 saturated heterocycles. The van der Waals surface area contributed by atoms with E-state index in [2.05, 4.69) is 159 Å². The standard InChI is InChI=1S/C8H12N2O2.C6H10N2O2P2.C6H9N2O2P.2C6H11N2P.C6H8O4.2C5H11N4P.2C5H10N3P/c1-4-12-8(11)7-5(2)9-6(3)10-7;1-3-5(6(9)10)8(12)4(2)7(3)11;1-3-5(6(9)10)8(11)4(2)7-3;2*1-4-5(2)8(9)6(3)7-4;1-3-10-6(9)5(8)4(2)7;1-3-5(8-6)7-4(2)9(3)10;1-3-5(8-6)9(10)4(2)7-3;1-3-5(6)7-4(2)8(3)9;1-3-5(6)8(9)4(2)7-3/h4H2,1-3H3,(H,9,10);11-12H2,1-2H3;11H2,1-2H3,(H,9,10);2*9H2,1-3H3;3H2,1-2H3;2*8H,6,10H2,1-2H3;2*6,9H2,1-2H3/p+1. The Labute approximate surface area is 611 Å². The van der Waals surface area contributed by atoms with E-state index in [9.17, 15) is 28.8 Å². The molecule has 560 valence electrons. The van der Waals surface area contributed by atoms with Crippen LogP contribution in [0.4, 0.5) is 23.3 Å². The molecular weight excluding hydrogens is 1470 g/mol. The Morgan fingerprint density at radius 2 is 0.881 bits per heavy atom. The second-order valence-corrected chi connectivity index (χ2v) is 26.2. The minimum atomic E-state index is -1.10. The number of hydrogen-bond acceptors (Lipinski definition) is 22. The highest BCUT2D eigenvalue weighted by Gasteiger charge is 2.26. The minimum Gasteiger partial charge on any atom is -0.477 e. The first-order valence-corrected chi connectivity index (χ1v) is 34.8. The first-order valence-electron chi connectivity index (χ1n) is 30.2. The second-order valence-electron chi connectivity index (χ2n) is 21.5. The van der Waals surface area contributed by atoms with Crippen LogP contribution in [0.5, 0.6) is 0 Å². The fourth-order valence-corrected chi connectivity index (χ4v) is 10.6. The molecule has 0 amide bonds. The van der Waals surface area contributed by atoms with Crippen molar-refractivity contribution in [2.24, 2.45) is 11.7 Å². The number of aryl methyl sites for hydroxylation is 14. The number of ether oxygens (including phenoxy) is 2. The molecule has 9 aromatic heterocycles. The fraction of sp³-hybridized carbons (Fsp3) is 0.431. The summed E-state index contributed by atoms with van der Waals surface area (Å²) in [5.74, 6) is 16.2. The molecule has 0 aliphatic rings. The maximum Gasteiger partial charge on any atom is 0.382 e. The number of nitrogen functional groups attached to an aromatic ring is 4. The lowest BCUT2D eigenvalue weighted by Crippen LogP contribution is -2.29. The van der Waals surface area contributed by atoms with Crippen LogP contribution in [0.15, 0.2) is 0 Å². The van der Waals surface area contributed by atoms with E-state index in [1.807, 2.05) is 112 Å². The molecular formula is C58H104N24O10P9+. The highest BCUT2D eigenvalue weighted by Crippen LogP contribution is 2.21. The van der Waals surface area contributed by atoms with Gasteiger partial charge in [-0.1, -0.05) is 0 Å². The van der Waals surface area contributed by atoms with E-state index in [4.69, 9.17) is 38.1 Å². The third-order valence-electron chi connectivity index (χ3n) is 14.2. The predicted octanol–water partition coefficient (Wildman–Crippen LogP) is 7.30. The number of aromatic amines is 1. The van der Waals surface area contributed by atoms with Crippen molar-refractivity contribution in [3.63, 3.8) is 0 Å². The quantitative estimate of drug-likeness (QED) is 0.0171. The van der Waals surface area contributed by atoms with E-state index in [1.54, 1.807) is 61.5 Å². The number of hydrogen-bond donors (Lipinski definition) is 9. The number of aromatic carboxylic acids is 2. The molecule has 9 unspecified atom stereocenters.